The summed E-state index contributed by atoms with van der Waals surface area (Å²) in [6.07, 6.45) is 8.61. The van der Waals surface area contributed by atoms with E-state index in [1.54, 1.807) is 11.3 Å². The predicted molar refractivity (Wildman–Crippen MR) is 67.9 cm³/mol. The molecule has 1 heterocycles. The van der Waals surface area contributed by atoms with Crippen LogP contribution in [0.2, 0.25) is 0 Å². The van der Waals surface area contributed by atoms with Crippen LogP contribution in [-0.2, 0) is 12.8 Å². The van der Waals surface area contributed by atoms with E-state index in [9.17, 15) is 0 Å². The van der Waals surface area contributed by atoms with Crippen molar-refractivity contribution in [2.75, 3.05) is 6.54 Å². The van der Waals surface area contributed by atoms with Crippen molar-refractivity contribution < 1.29 is 0 Å². The van der Waals surface area contributed by atoms with Crippen molar-refractivity contribution in [1.29, 1.82) is 0 Å². The Labute approximate surface area is 102 Å². The molecule has 0 saturated heterocycles. The van der Waals surface area contributed by atoms with Crippen molar-refractivity contribution >= 4 is 11.3 Å². The number of hydrogen-bond acceptors (Lipinski definition) is 4. The van der Waals surface area contributed by atoms with E-state index < -0.39 is 0 Å². The zero-order valence-corrected chi connectivity index (χ0v) is 10.9. The minimum absolute atomic E-state index is 0.828. The maximum Gasteiger partial charge on any atom is 0.117 e. The number of nitrogens with one attached hydrogen (secondary N) is 1. The normalized spacial score (nSPS) is 15.6. The molecule has 0 unspecified atom stereocenters. The van der Waals surface area contributed by atoms with E-state index in [0.29, 0.717) is 0 Å². The van der Waals surface area contributed by atoms with Gasteiger partial charge in [0.2, 0.25) is 0 Å². The molecule has 2 rings (SSSR count). The van der Waals surface area contributed by atoms with E-state index in [2.05, 4.69) is 22.4 Å². The first-order valence-corrected chi connectivity index (χ1v) is 7.24. The predicted octanol–water partition coefficient (Wildman–Crippen LogP) is 2.57. The molecule has 16 heavy (non-hydrogen) atoms. The lowest BCUT2D eigenvalue weighted by Crippen LogP contribution is -2.17. The van der Waals surface area contributed by atoms with Crippen molar-refractivity contribution in [2.24, 2.45) is 0 Å². The average Bonchev–Trinajstić information content (AvgIpc) is 3.01. The van der Waals surface area contributed by atoms with Gasteiger partial charge in [0.1, 0.15) is 10.0 Å². The maximum absolute atomic E-state index is 4.24. The third-order valence-electron chi connectivity index (χ3n) is 2.83. The smallest absolute Gasteiger partial charge is 0.117 e. The molecule has 1 aromatic heterocycles. The van der Waals surface area contributed by atoms with Crippen molar-refractivity contribution in [1.82, 2.24) is 15.5 Å². The number of unbranched alkanes of at least 4 members (excludes halogenated alkanes) is 1. The van der Waals surface area contributed by atoms with Gasteiger partial charge in [-0.1, -0.05) is 13.3 Å². The van der Waals surface area contributed by atoms with Crippen LogP contribution in [0.1, 0.15) is 49.0 Å². The van der Waals surface area contributed by atoms with E-state index in [4.69, 9.17) is 0 Å². The summed E-state index contributed by atoms with van der Waals surface area (Å²) in [6, 6.07) is 0.828. The van der Waals surface area contributed by atoms with Crippen molar-refractivity contribution in [3.05, 3.63) is 10.0 Å². The summed E-state index contributed by atoms with van der Waals surface area (Å²) in [7, 11) is 0. The van der Waals surface area contributed by atoms with Crippen LogP contribution in [-0.4, -0.2) is 22.8 Å². The van der Waals surface area contributed by atoms with Gasteiger partial charge >= 0.3 is 0 Å². The van der Waals surface area contributed by atoms with Gasteiger partial charge in [-0.15, -0.1) is 21.5 Å². The fourth-order valence-corrected chi connectivity index (χ4v) is 2.58. The number of rotatable bonds is 8. The molecule has 0 amide bonds. The van der Waals surface area contributed by atoms with Crippen LogP contribution in [0, 0.1) is 0 Å². The number of hydrogen-bond donors (Lipinski definition) is 1. The minimum Gasteiger partial charge on any atom is -0.314 e. The van der Waals surface area contributed by atoms with E-state index in [-0.39, 0.29) is 0 Å². The average molecular weight is 239 g/mol. The highest BCUT2D eigenvalue weighted by molar-refractivity contribution is 7.11. The van der Waals surface area contributed by atoms with Gasteiger partial charge in [0.05, 0.1) is 0 Å². The van der Waals surface area contributed by atoms with E-state index in [0.717, 1.165) is 25.4 Å². The maximum atomic E-state index is 4.24. The molecule has 1 N–H and O–H groups in total. The van der Waals surface area contributed by atoms with Crippen LogP contribution in [0.4, 0.5) is 0 Å². The zero-order chi connectivity index (χ0) is 11.2. The largest absolute Gasteiger partial charge is 0.314 e. The van der Waals surface area contributed by atoms with Gasteiger partial charge in [0, 0.05) is 18.9 Å². The summed E-state index contributed by atoms with van der Waals surface area (Å²) in [4.78, 5) is 0. The van der Waals surface area contributed by atoms with Gasteiger partial charge in [-0.2, -0.15) is 0 Å². The topological polar surface area (TPSA) is 37.8 Å². The highest BCUT2D eigenvalue weighted by Gasteiger charge is 2.19. The molecular weight excluding hydrogens is 218 g/mol. The van der Waals surface area contributed by atoms with E-state index in [1.807, 2.05) is 0 Å². The Morgan fingerprint density at radius 2 is 1.88 bits per heavy atom. The molecule has 0 radical (unpaired) electrons. The Balaban J connectivity index is 1.61. The summed E-state index contributed by atoms with van der Waals surface area (Å²) in [6.45, 7) is 3.35. The first kappa shape index (κ1) is 12.0. The fourth-order valence-electron chi connectivity index (χ4n) is 1.65. The van der Waals surface area contributed by atoms with Crippen LogP contribution in [0.25, 0.3) is 0 Å². The Morgan fingerprint density at radius 1 is 1.19 bits per heavy atom. The van der Waals surface area contributed by atoms with Gasteiger partial charge < -0.3 is 5.32 Å². The summed E-state index contributed by atoms with van der Waals surface area (Å²) < 4.78 is 0. The highest BCUT2D eigenvalue weighted by Crippen LogP contribution is 2.18. The molecule has 0 aliphatic heterocycles. The molecule has 1 aliphatic carbocycles. The molecule has 0 spiro atoms. The molecule has 1 fully saturated rings. The van der Waals surface area contributed by atoms with E-state index >= 15 is 0 Å². The Kier molecular flexibility index (Phi) is 4.72. The third-order valence-corrected chi connectivity index (χ3v) is 3.87. The SMILES string of the molecule is CCCCc1nnc(CCCNC2CC2)s1. The highest BCUT2D eigenvalue weighted by atomic mass is 32.1. The molecule has 1 aliphatic rings. The van der Waals surface area contributed by atoms with Crippen molar-refractivity contribution in [3.8, 4) is 0 Å². The Bertz CT molecular complexity index is 307. The zero-order valence-electron chi connectivity index (χ0n) is 10.0. The van der Waals surface area contributed by atoms with Crippen LogP contribution in [0.3, 0.4) is 0 Å². The van der Waals surface area contributed by atoms with Gasteiger partial charge in [0.25, 0.3) is 0 Å². The molecule has 90 valence electrons. The second kappa shape index (κ2) is 6.30. The van der Waals surface area contributed by atoms with Gasteiger partial charge in [-0.25, -0.2) is 0 Å². The lowest BCUT2D eigenvalue weighted by Gasteiger charge is -1.99. The first-order chi connectivity index (χ1) is 7.88. The fraction of sp³-hybridized carbons (Fsp3) is 0.833. The summed E-state index contributed by atoms with van der Waals surface area (Å²) in [5.41, 5.74) is 0. The van der Waals surface area contributed by atoms with Crippen molar-refractivity contribution in [2.45, 2.75) is 57.9 Å². The quantitative estimate of drug-likeness (QED) is 0.709. The van der Waals surface area contributed by atoms with E-state index in [1.165, 1.54) is 42.1 Å². The molecule has 1 aromatic rings. The summed E-state index contributed by atoms with van der Waals surface area (Å²) in [5.74, 6) is 0. The Morgan fingerprint density at radius 3 is 2.50 bits per heavy atom. The molecule has 4 heteroatoms. The lowest BCUT2D eigenvalue weighted by atomic mass is 10.3. The van der Waals surface area contributed by atoms with Crippen LogP contribution in [0.5, 0.6) is 0 Å². The molecule has 3 nitrogen and oxygen atoms in total. The number of aromatic nitrogens is 2. The second-order valence-corrected chi connectivity index (χ2v) is 5.67. The van der Waals surface area contributed by atoms with Crippen molar-refractivity contribution in [3.63, 3.8) is 0 Å². The van der Waals surface area contributed by atoms with Crippen LogP contribution < -0.4 is 5.32 Å². The monoisotopic (exact) mass is 239 g/mol. The molecule has 0 aromatic carbocycles. The molecule has 0 atom stereocenters. The van der Waals surface area contributed by atoms with Gasteiger partial charge in [0.15, 0.2) is 0 Å². The standard InChI is InChI=1S/C12H21N3S/c1-2-3-5-11-14-15-12(16-11)6-4-9-13-10-7-8-10/h10,13H,2-9H2,1H3. The van der Waals surface area contributed by atoms with Crippen LogP contribution in [0.15, 0.2) is 0 Å². The van der Waals surface area contributed by atoms with Gasteiger partial charge in [-0.3, -0.25) is 0 Å². The first-order valence-electron chi connectivity index (χ1n) is 6.43. The summed E-state index contributed by atoms with van der Waals surface area (Å²) >= 11 is 1.80. The van der Waals surface area contributed by atoms with Crippen LogP contribution >= 0.6 is 11.3 Å². The minimum atomic E-state index is 0.828. The Hall–Kier alpha value is -0.480. The molecule has 1 saturated carbocycles. The third kappa shape index (κ3) is 4.18. The number of nitrogens with zero attached hydrogens (tertiary/aromatic N) is 2. The molecule has 0 bridgehead atoms. The second-order valence-electron chi connectivity index (χ2n) is 4.53. The summed E-state index contributed by atoms with van der Waals surface area (Å²) in [5, 5.41) is 14.4. The molecular formula is C12H21N3S. The van der Waals surface area contributed by atoms with Gasteiger partial charge in [-0.05, 0) is 32.2 Å². The number of aryl methyl sites for hydroxylation is 2. The lowest BCUT2D eigenvalue weighted by molar-refractivity contribution is 0.642.